The number of benzene rings is 1. The summed E-state index contributed by atoms with van der Waals surface area (Å²) >= 11 is 0. The van der Waals surface area contributed by atoms with E-state index in [1.807, 2.05) is 51.5 Å². The number of fused-ring (bicyclic) bond motifs is 1. The van der Waals surface area contributed by atoms with Crippen LogP contribution in [0.15, 0.2) is 30.6 Å². The minimum absolute atomic E-state index is 0.132. The molecule has 0 aliphatic rings. The van der Waals surface area contributed by atoms with Crippen molar-refractivity contribution in [1.82, 2.24) is 24.6 Å². The Hall–Kier alpha value is -2.96. The Labute approximate surface area is 153 Å². The van der Waals surface area contributed by atoms with Gasteiger partial charge in [0.15, 0.2) is 0 Å². The Bertz CT molecular complexity index is 933. The van der Waals surface area contributed by atoms with Crippen molar-refractivity contribution in [1.29, 1.82) is 0 Å². The van der Waals surface area contributed by atoms with E-state index in [2.05, 4.69) is 20.4 Å². The Kier molecular flexibility index (Phi) is 5.16. The molecule has 0 atom stereocenters. The number of nitrogens with zero attached hydrogens (tertiary/aromatic N) is 5. The average molecular weight is 352 g/mol. The van der Waals surface area contributed by atoms with Crippen molar-refractivity contribution in [2.45, 2.75) is 26.7 Å². The van der Waals surface area contributed by atoms with Gasteiger partial charge in [0, 0.05) is 32.5 Å². The fourth-order valence-electron chi connectivity index (χ4n) is 2.75. The summed E-state index contributed by atoms with van der Waals surface area (Å²) in [6.07, 6.45) is 5.65. The number of hydrogen-bond donors (Lipinski definition) is 1. The van der Waals surface area contributed by atoms with Crippen LogP contribution < -0.4 is 5.32 Å². The highest BCUT2D eigenvalue weighted by Gasteiger charge is 2.10. The van der Waals surface area contributed by atoms with Crippen LogP contribution >= 0.6 is 0 Å². The molecule has 1 aromatic carbocycles. The Morgan fingerprint density at radius 2 is 1.92 bits per heavy atom. The molecular formula is C19H24N6O. The van der Waals surface area contributed by atoms with E-state index in [9.17, 15) is 4.79 Å². The van der Waals surface area contributed by atoms with Crippen molar-refractivity contribution >= 4 is 22.8 Å². The summed E-state index contributed by atoms with van der Waals surface area (Å²) in [4.78, 5) is 23.1. The standard InChI is InChI=1S/C19H24N6O/c1-13-14(2)22-18-10-16(7-8-17(18)21-13)23-19(26)24(3)9-5-6-15-11-20-25(4)12-15/h7-8,10-12H,5-6,9H2,1-4H3,(H,23,26). The van der Waals surface area contributed by atoms with Gasteiger partial charge in [0.05, 0.1) is 28.6 Å². The highest BCUT2D eigenvalue weighted by atomic mass is 16.2. The maximum absolute atomic E-state index is 12.4. The lowest BCUT2D eigenvalue weighted by Gasteiger charge is -2.18. The molecule has 0 spiro atoms. The van der Waals surface area contributed by atoms with Crippen molar-refractivity contribution < 1.29 is 4.79 Å². The van der Waals surface area contributed by atoms with E-state index in [1.165, 1.54) is 5.56 Å². The molecule has 2 amide bonds. The van der Waals surface area contributed by atoms with Crippen LogP contribution in [0.2, 0.25) is 0 Å². The maximum atomic E-state index is 12.4. The number of anilines is 1. The molecule has 7 heteroatoms. The van der Waals surface area contributed by atoms with Gasteiger partial charge in [0.25, 0.3) is 0 Å². The second kappa shape index (κ2) is 7.51. The van der Waals surface area contributed by atoms with E-state index in [0.29, 0.717) is 6.54 Å². The molecule has 0 aliphatic heterocycles. The number of aromatic nitrogens is 4. The van der Waals surface area contributed by atoms with Gasteiger partial charge in [-0.25, -0.2) is 14.8 Å². The van der Waals surface area contributed by atoms with E-state index in [-0.39, 0.29) is 6.03 Å². The molecule has 0 saturated carbocycles. The third kappa shape index (κ3) is 4.17. The minimum Gasteiger partial charge on any atom is -0.328 e. The maximum Gasteiger partial charge on any atom is 0.321 e. The van der Waals surface area contributed by atoms with E-state index < -0.39 is 0 Å². The minimum atomic E-state index is -0.132. The molecule has 0 saturated heterocycles. The zero-order valence-electron chi connectivity index (χ0n) is 15.7. The number of amides is 2. The number of rotatable bonds is 5. The monoisotopic (exact) mass is 352 g/mol. The second-order valence-electron chi connectivity index (χ2n) is 6.58. The van der Waals surface area contributed by atoms with Gasteiger partial charge >= 0.3 is 6.03 Å². The fraction of sp³-hybridized carbons (Fsp3) is 0.368. The van der Waals surface area contributed by atoms with Gasteiger partial charge in [-0.3, -0.25) is 4.68 Å². The molecule has 0 unspecified atom stereocenters. The lowest BCUT2D eigenvalue weighted by Crippen LogP contribution is -2.32. The van der Waals surface area contributed by atoms with Crippen LogP contribution in [0, 0.1) is 13.8 Å². The summed E-state index contributed by atoms with van der Waals surface area (Å²) in [5.74, 6) is 0. The van der Waals surface area contributed by atoms with Crippen LogP contribution in [0.5, 0.6) is 0 Å². The van der Waals surface area contributed by atoms with Gasteiger partial charge in [-0.2, -0.15) is 5.10 Å². The molecule has 0 fully saturated rings. The van der Waals surface area contributed by atoms with Crippen LogP contribution in [0.3, 0.4) is 0 Å². The highest BCUT2D eigenvalue weighted by Crippen LogP contribution is 2.18. The fourth-order valence-corrected chi connectivity index (χ4v) is 2.75. The van der Waals surface area contributed by atoms with Crippen LogP contribution in [0.25, 0.3) is 11.0 Å². The molecule has 7 nitrogen and oxygen atoms in total. The highest BCUT2D eigenvalue weighted by molar-refractivity contribution is 5.91. The largest absolute Gasteiger partial charge is 0.328 e. The normalized spacial score (nSPS) is 10.9. The van der Waals surface area contributed by atoms with Crippen molar-refractivity contribution in [3.8, 4) is 0 Å². The Morgan fingerprint density at radius 3 is 2.62 bits per heavy atom. The lowest BCUT2D eigenvalue weighted by molar-refractivity contribution is 0.222. The Balaban J connectivity index is 1.58. The van der Waals surface area contributed by atoms with Crippen molar-refractivity contribution in [3.63, 3.8) is 0 Å². The number of carbonyl (C=O) groups is 1. The molecule has 0 aliphatic carbocycles. The first-order valence-electron chi connectivity index (χ1n) is 8.67. The predicted octanol–water partition coefficient (Wildman–Crippen LogP) is 3.08. The zero-order chi connectivity index (χ0) is 18.7. The van der Waals surface area contributed by atoms with E-state index in [4.69, 9.17) is 0 Å². The van der Waals surface area contributed by atoms with Crippen LogP contribution in [-0.2, 0) is 13.5 Å². The smallest absolute Gasteiger partial charge is 0.321 e. The van der Waals surface area contributed by atoms with E-state index >= 15 is 0 Å². The number of nitrogens with one attached hydrogen (secondary N) is 1. The summed E-state index contributed by atoms with van der Waals surface area (Å²) < 4.78 is 1.79. The quantitative estimate of drug-likeness (QED) is 0.766. The third-order valence-electron chi connectivity index (χ3n) is 4.39. The second-order valence-corrected chi connectivity index (χ2v) is 6.58. The molecule has 0 radical (unpaired) electrons. The van der Waals surface area contributed by atoms with Gasteiger partial charge < -0.3 is 10.2 Å². The molecule has 2 aromatic heterocycles. The summed E-state index contributed by atoms with van der Waals surface area (Å²) in [7, 11) is 3.70. The Morgan fingerprint density at radius 1 is 1.19 bits per heavy atom. The lowest BCUT2D eigenvalue weighted by atomic mass is 10.2. The molecule has 0 bridgehead atoms. The average Bonchev–Trinajstić information content (AvgIpc) is 3.01. The zero-order valence-corrected chi connectivity index (χ0v) is 15.7. The first-order valence-corrected chi connectivity index (χ1v) is 8.67. The molecule has 3 rings (SSSR count). The van der Waals surface area contributed by atoms with Gasteiger partial charge in [-0.15, -0.1) is 0 Å². The topological polar surface area (TPSA) is 75.9 Å². The summed E-state index contributed by atoms with van der Waals surface area (Å²) in [5, 5.41) is 7.08. The van der Waals surface area contributed by atoms with Crippen LogP contribution in [-0.4, -0.2) is 44.3 Å². The van der Waals surface area contributed by atoms with E-state index in [1.54, 1.807) is 16.6 Å². The molecule has 26 heavy (non-hydrogen) atoms. The van der Waals surface area contributed by atoms with Gasteiger partial charge in [0.2, 0.25) is 0 Å². The van der Waals surface area contributed by atoms with Crippen molar-refractivity contribution in [2.75, 3.05) is 18.9 Å². The number of hydrogen-bond acceptors (Lipinski definition) is 4. The van der Waals surface area contributed by atoms with Crippen LogP contribution in [0.4, 0.5) is 10.5 Å². The molecule has 136 valence electrons. The molecular weight excluding hydrogens is 328 g/mol. The molecule has 2 heterocycles. The summed E-state index contributed by atoms with van der Waals surface area (Å²) in [5.41, 5.74) is 5.33. The summed E-state index contributed by atoms with van der Waals surface area (Å²) in [6, 6.07) is 5.46. The predicted molar refractivity (Wildman–Crippen MR) is 102 cm³/mol. The van der Waals surface area contributed by atoms with Crippen molar-refractivity contribution in [2.24, 2.45) is 7.05 Å². The first kappa shape index (κ1) is 17.8. The number of urea groups is 1. The third-order valence-corrected chi connectivity index (χ3v) is 4.39. The summed E-state index contributed by atoms with van der Waals surface area (Å²) in [6.45, 7) is 4.55. The number of aryl methyl sites for hydroxylation is 4. The number of carbonyl (C=O) groups excluding carboxylic acids is 1. The van der Waals surface area contributed by atoms with Crippen LogP contribution in [0.1, 0.15) is 23.4 Å². The van der Waals surface area contributed by atoms with Gasteiger partial charge in [-0.1, -0.05) is 0 Å². The van der Waals surface area contributed by atoms with Crippen molar-refractivity contribution in [3.05, 3.63) is 47.5 Å². The van der Waals surface area contributed by atoms with E-state index in [0.717, 1.165) is 41.0 Å². The van der Waals surface area contributed by atoms with Gasteiger partial charge in [-0.05, 0) is 50.5 Å². The molecule has 1 N–H and O–H groups in total. The first-order chi connectivity index (χ1) is 12.4. The van der Waals surface area contributed by atoms with Gasteiger partial charge in [0.1, 0.15) is 0 Å². The SMILES string of the molecule is Cc1nc2ccc(NC(=O)N(C)CCCc3cnn(C)c3)cc2nc1C. The molecule has 3 aromatic rings.